The van der Waals surface area contributed by atoms with Crippen LogP contribution < -0.4 is 14.8 Å². The first-order valence-corrected chi connectivity index (χ1v) is 10.2. The summed E-state index contributed by atoms with van der Waals surface area (Å²) in [7, 11) is 0. The van der Waals surface area contributed by atoms with E-state index in [0.717, 1.165) is 36.1 Å². The Morgan fingerprint density at radius 3 is 2.77 bits per heavy atom. The van der Waals surface area contributed by atoms with Gasteiger partial charge in [-0.2, -0.15) is 5.10 Å². The number of hydrogen-bond donors (Lipinski definition) is 2. The summed E-state index contributed by atoms with van der Waals surface area (Å²) in [6.07, 6.45) is 6.24. The normalized spacial score (nSPS) is 19.8. The highest BCUT2D eigenvalue weighted by molar-refractivity contribution is 5.98. The van der Waals surface area contributed by atoms with E-state index in [1.807, 2.05) is 41.2 Å². The highest BCUT2D eigenvalue weighted by Gasteiger charge is 2.30. The Morgan fingerprint density at radius 1 is 1.17 bits per heavy atom. The molecule has 2 heterocycles. The fourth-order valence-electron chi connectivity index (χ4n) is 4.12. The summed E-state index contributed by atoms with van der Waals surface area (Å²) in [6, 6.07) is 13.6. The fourth-order valence-corrected chi connectivity index (χ4v) is 4.12. The Bertz CT molecular complexity index is 1050. The topological polar surface area (TPSA) is 85.6 Å². The Balaban J connectivity index is 1.38. The van der Waals surface area contributed by atoms with Crippen molar-refractivity contribution in [1.29, 1.82) is 0 Å². The van der Waals surface area contributed by atoms with Crippen molar-refractivity contribution in [1.82, 2.24) is 15.1 Å². The first-order valence-electron chi connectivity index (χ1n) is 10.2. The minimum atomic E-state index is -0.490. The maximum Gasteiger partial charge on any atom is 0.255 e. The standard InChI is InChI=1S/C23H23N3O4/c27-20-4-1-3-19(20)25-23(28)18-12-16(13-21-22(18)30-14-29-21)11-15-5-7-17(8-6-15)26-10-2-9-24-26/h2,5-10,12-13,19-20,27H,1,3-4,11,14H2,(H,25,28)/t19-,20-/m0/s1. The number of benzene rings is 2. The van der Waals surface area contributed by atoms with Gasteiger partial charge in [0.2, 0.25) is 6.79 Å². The Kier molecular flexibility index (Phi) is 4.88. The number of aliphatic hydroxyl groups is 1. The van der Waals surface area contributed by atoms with Crippen LogP contribution in [0.2, 0.25) is 0 Å². The summed E-state index contributed by atoms with van der Waals surface area (Å²) in [5, 5.41) is 17.2. The van der Waals surface area contributed by atoms with E-state index >= 15 is 0 Å². The van der Waals surface area contributed by atoms with E-state index in [-0.39, 0.29) is 18.7 Å². The van der Waals surface area contributed by atoms with E-state index in [1.165, 1.54) is 0 Å². The second-order valence-electron chi connectivity index (χ2n) is 7.75. The molecule has 0 unspecified atom stereocenters. The lowest BCUT2D eigenvalue weighted by Crippen LogP contribution is -2.39. The molecule has 2 aromatic carbocycles. The quantitative estimate of drug-likeness (QED) is 0.682. The zero-order valence-corrected chi connectivity index (χ0v) is 16.5. The molecular weight excluding hydrogens is 382 g/mol. The highest BCUT2D eigenvalue weighted by atomic mass is 16.7. The summed E-state index contributed by atoms with van der Waals surface area (Å²) in [5.41, 5.74) is 3.52. The van der Waals surface area contributed by atoms with Gasteiger partial charge in [0.1, 0.15) is 0 Å². The molecule has 0 saturated heterocycles. The van der Waals surface area contributed by atoms with Crippen LogP contribution in [0.3, 0.4) is 0 Å². The molecule has 2 N–H and O–H groups in total. The molecule has 1 aliphatic carbocycles. The first kappa shape index (κ1) is 18.7. The van der Waals surface area contributed by atoms with Gasteiger partial charge in [-0.3, -0.25) is 4.79 Å². The smallest absolute Gasteiger partial charge is 0.255 e. The van der Waals surface area contributed by atoms with E-state index in [4.69, 9.17) is 9.47 Å². The molecule has 2 aliphatic rings. The van der Waals surface area contributed by atoms with Gasteiger partial charge in [0.05, 0.1) is 23.4 Å². The molecule has 0 radical (unpaired) electrons. The van der Waals surface area contributed by atoms with Crippen molar-refractivity contribution in [3.05, 3.63) is 71.5 Å². The molecule has 154 valence electrons. The number of hydrogen-bond acceptors (Lipinski definition) is 5. The number of nitrogens with zero attached hydrogens (tertiary/aromatic N) is 2. The molecule has 7 heteroatoms. The van der Waals surface area contributed by atoms with Crippen molar-refractivity contribution < 1.29 is 19.4 Å². The number of nitrogens with one attached hydrogen (secondary N) is 1. The van der Waals surface area contributed by atoms with Gasteiger partial charge in [0.15, 0.2) is 11.5 Å². The maximum atomic E-state index is 12.9. The van der Waals surface area contributed by atoms with Crippen LogP contribution in [-0.4, -0.2) is 39.7 Å². The van der Waals surface area contributed by atoms with Gasteiger partial charge in [-0.25, -0.2) is 4.68 Å². The zero-order valence-electron chi connectivity index (χ0n) is 16.5. The minimum Gasteiger partial charge on any atom is -0.454 e. The number of amides is 1. The molecule has 0 spiro atoms. The number of aliphatic hydroxyl groups excluding tert-OH is 1. The molecule has 1 amide bonds. The van der Waals surface area contributed by atoms with Crippen LogP contribution in [0.5, 0.6) is 11.5 Å². The summed E-state index contributed by atoms with van der Waals surface area (Å²) in [5.74, 6) is 0.814. The van der Waals surface area contributed by atoms with Gasteiger partial charge in [-0.15, -0.1) is 0 Å². The fraction of sp³-hybridized carbons (Fsp3) is 0.304. The van der Waals surface area contributed by atoms with Crippen molar-refractivity contribution in [2.75, 3.05) is 6.79 Å². The van der Waals surface area contributed by atoms with Crippen molar-refractivity contribution in [2.24, 2.45) is 0 Å². The zero-order chi connectivity index (χ0) is 20.5. The van der Waals surface area contributed by atoms with Crippen molar-refractivity contribution in [2.45, 2.75) is 37.8 Å². The van der Waals surface area contributed by atoms with Crippen LogP contribution >= 0.6 is 0 Å². The second kappa shape index (κ2) is 7.84. The molecule has 1 fully saturated rings. The van der Waals surface area contributed by atoms with E-state index in [0.29, 0.717) is 23.5 Å². The monoisotopic (exact) mass is 405 g/mol. The summed E-state index contributed by atoms with van der Waals surface area (Å²) in [6.45, 7) is 0.101. The second-order valence-corrected chi connectivity index (χ2v) is 7.75. The predicted octanol–water partition coefficient (Wildman–Crippen LogP) is 2.84. The van der Waals surface area contributed by atoms with Crippen LogP contribution in [0.4, 0.5) is 0 Å². The molecule has 1 saturated carbocycles. The molecule has 3 aromatic rings. The number of aromatic nitrogens is 2. The lowest BCUT2D eigenvalue weighted by molar-refractivity contribution is 0.0869. The van der Waals surface area contributed by atoms with E-state index in [2.05, 4.69) is 22.5 Å². The van der Waals surface area contributed by atoms with Gasteiger partial charge in [0, 0.05) is 12.4 Å². The SMILES string of the molecule is O=C(N[C@H]1CCC[C@@H]1O)c1cc(Cc2ccc(-n3cccn3)cc2)cc2c1OCO2. The summed E-state index contributed by atoms with van der Waals surface area (Å²) < 4.78 is 12.9. The molecule has 5 rings (SSSR count). The number of rotatable bonds is 5. The van der Waals surface area contributed by atoms with Gasteiger partial charge < -0.3 is 19.9 Å². The molecular formula is C23H23N3O4. The minimum absolute atomic E-state index is 0.101. The van der Waals surface area contributed by atoms with Gasteiger partial charge in [0.25, 0.3) is 5.91 Å². The van der Waals surface area contributed by atoms with E-state index in [1.54, 1.807) is 6.20 Å². The third-order valence-electron chi connectivity index (χ3n) is 5.69. The highest BCUT2D eigenvalue weighted by Crippen LogP contribution is 2.37. The van der Waals surface area contributed by atoms with E-state index < -0.39 is 6.10 Å². The maximum absolute atomic E-state index is 12.9. The molecule has 1 aliphatic heterocycles. The molecule has 30 heavy (non-hydrogen) atoms. The molecule has 7 nitrogen and oxygen atoms in total. The third kappa shape index (κ3) is 3.64. The van der Waals surface area contributed by atoms with Gasteiger partial charge in [-0.1, -0.05) is 12.1 Å². The number of ether oxygens (including phenoxy) is 2. The van der Waals surface area contributed by atoms with Crippen LogP contribution in [-0.2, 0) is 6.42 Å². The summed E-state index contributed by atoms with van der Waals surface area (Å²) in [4.78, 5) is 12.9. The Morgan fingerprint density at radius 2 is 2.03 bits per heavy atom. The van der Waals surface area contributed by atoms with Crippen LogP contribution in [0.15, 0.2) is 54.9 Å². The first-order chi connectivity index (χ1) is 14.7. The van der Waals surface area contributed by atoms with Crippen molar-refractivity contribution >= 4 is 5.91 Å². The third-order valence-corrected chi connectivity index (χ3v) is 5.69. The summed E-state index contributed by atoms with van der Waals surface area (Å²) >= 11 is 0. The van der Waals surface area contributed by atoms with Gasteiger partial charge in [-0.05, 0) is 67.1 Å². The average Bonchev–Trinajstić information content (AvgIpc) is 3.51. The lowest BCUT2D eigenvalue weighted by Gasteiger charge is -2.17. The number of carbonyl (C=O) groups excluding carboxylic acids is 1. The lowest BCUT2D eigenvalue weighted by atomic mass is 10.0. The Labute approximate surface area is 174 Å². The number of fused-ring (bicyclic) bond motifs is 1. The molecule has 1 aromatic heterocycles. The average molecular weight is 405 g/mol. The van der Waals surface area contributed by atoms with Crippen LogP contribution in [0.1, 0.15) is 40.7 Å². The van der Waals surface area contributed by atoms with Crippen LogP contribution in [0, 0.1) is 0 Å². The van der Waals surface area contributed by atoms with Crippen molar-refractivity contribution in [3.63, 3.8) is 0 Å². The van der Waals surface area contributed by atoms with E-state index in [9.17, 15) is 9.90 Å². The van der Waals surface area contributed by atoms with Crippen LogP contribution in [0.25, 0.3) is 5.69 Å². The predicted molar refractivity (Wildman–Crippen MR) is 110 cm³/mol. The molecule has 2 atom stereocenters. The van der Waals surface area contributed by atoms with Crippen molar-refractivity contribution in [3.8, 4) is 17.2 Å². The molecule has 0 bridgehead atoms. The van der Waals surface area contributed by atoms with Gasteiger partial charge >= 0.3 is 0 Å². The largest absolute Gasteiger partial charge is 0.454 e. The Hall–Kier alpha value is -3.32. The number of carbonyl (C=O) groups is 1.